The summed E-state index contributed by atoms with van der Waals surface area (Å²) in [5, 5.41) is 11.3. The molecule has 1 aromatic heterocycles. The molecule has 1 aliphatic rings. The molecule has 0 radical (unpaired) electrons. The molecule has 4 nitrogen and oxygen atoms in total. The second-order valence-electron chi connectivity index (χ2n) is 4.73. The lowest BCUT2D eigenvalue weighted by molar-refractivity contribution is -0.130. The molecule has 98 valence electrons. The summed E-state index contributed by atoms with van der Waals surface area (Å²) in [6, 6.07) is 0. The molecule has 0 amide bonds. The van der Waals surface area contributed by atoms with Gasteiger partial charge in [-0.3, -0.25) is 0 Å². The molecule has 0 atom stereocenters. The van der Waals surface area contributed by atoms with Gasteiger partial charge in [0.05, 0.1) is 11.3 Å². The highest BCUT2D eigenvalue weighted by Crippen LogP contribution is 2.28. The van der Waals surface area contributed by atoms with Crippen LogP contribution >= 0.6 is 11.3 Å². The van der Waals surface area contributed by atoms with Crippen molar-refractivity contribution >= 4 is 28.0 Å². The lowest BCUT2D eigenvalue weighted by Crippen LogP contribution is -2.06. The third-order valence-corrected chi connectivity index (χ3v) is 4.08. The van der Waals surface area contributed by atoms with Gasteiger partial charge in [0.1, 0.15) is 0 Å². The highest BCUT2D eigenvalue weighted by atomic mass is 32.1. The molecule has 5 heteroatoms. The number of hydrogen-bond donors (Lipinski definition) is 2. The third kappa shape index (κ3) is 3.32. The van der Waals surface area contributed by atoms with Crippen molar-refractivity contribution in [3.63, 3.8) is 0 Å². The number of allylic oxidation sites excluding steroid dienone is 1. The molecule has 0 saturated heterocycles. The van der Waals surface area contributed by atoms with E-state index in [4.69, 9.17) is 5.73 Å². The number of rotatable bonds is 4. The summed E-state index contributed by atoms with van der Waals surface area (Å²) >= 11 is 1.27. The number of anilines is 1. The predicted molar refractivity (Wildman–Crippen MR) is 73.3 cm³/mol. The maximum absolute atomic E-state index is 11.2. The van der Waals surface area contributed by atoms with Gasteiger partial charge >= 0.3 is 5.97 Å². The molecule has 3 N–H and O–H groups in total. The van der Waals surface area contributed by atoms with Gasteiger partial charge in [0, 0.05) is 5.38 Å². The minimum absolute atomic E-state index is 0.286. The molecule has 0 unspecified atom stereocenters. The zero-order valence-corrected chi connectivity index (χ0v) is 11.1. The van der Waals surface area contributed by atoms with Gasteiger partial charge in [-0.2, -0.15) is 0 Å². The molecule has 1 heterocycles. The second-order valence-corrected chi connectivity index (χ2v) is 5.62. The Kier molecular flexibility index (Phi) is 4.36. The van der Waals surface area contributed by atoms with Crippen LogP contribution in [0.2, 0.25) is 0 Å². The molecule has 0 bridgehead atoms. The number of aromatic nitrogens is 1. The normalized spacial score (nSPS) is 17.9. The highest BCUT2D eigenvalue weighted by molar-refractivity contribution is 7.13. The van der Waals surface area contributed by atoms with Crippen molar-refractivity contribution in [3.05, 3.63) is 17.2 Å². The summed E-state index contributed by atoms with van der Waals surface area (Å²) in [6.07, 6.45) is 8.92. The summed E-state index contributed by atoms with van der Waals surface area (Å²) < 4.78 is 0. The zero-order valence-electron chi connectivity index (χ0n) is 10.3. The number of thiazole rings is 1. The summed E-state index contributed by atoms with van der Waals surface area (Å²) in [4.78, 5) is 15.3. The summed E-state index contributed by atoms with van der Waals surface area (Å²) in [5.74, 6) is -0.291. The van der Waals surface area contributed by atoms with Gasteiger partial charge in [0.2, 0.25) is 0 Å². The van der Waals surface area contributed by atoms with E-state index < -0.39 is 5.97 Å². The van der Waals surface area contributed by atoms with Crippen LogP contribution in [0.3, 0.4) is 0 Å². The number of carboxylic acid groups (broad SMARTS) is 1. The molecule has 0 spiro atoms. The minimum Gasteiger partial charge on any atom is -0.478 e. The van der Waals surface area contributed by atoms with E-state index in [9.17, 15) is 9.90 Å². The van der Waals surface area contributed by atoms with Crippen LogP contribution in [0.15, 0.2) is 11.5 Å². The van der Waals surface area contributed by atoms with Gasteiger partial charge in [-0.1, -0.05) is 38.2 Å². The molecule has 1 saturated carbocycles. The number of nitrogens with zero attached hydrogens (tertiary/aromatic N) is 1. The lowest BCUT2D eigenvalue weighted by Gasteiger charge is -2.19. The topological polar surface area (TPSA) is 76.2 Å². The van der Waals surface area contributed by atoms with Crippen molar-refractivity contribution < 1.29 is 9.90 Å². The van der Waals surface area contributed by atoms with E-state index >= 15 is 0 Å². The van der Waals surface area contributed by atoms with E-state index in [1.54, 1.807) is 5.38 Å². The Labute approximate surface area is 111 Å². The molecule has 1 fully saturated rings. The molecular weight excluding hydrogens is 248 g/mol. The summed E-state index contributed by atoms with van der Waals surface area (Å²) in [7, 11) is 0. The predicted octanol–water partition coefficient (Wildman–Crippen LogP) is 3.16. The van der Waals surface area contributed by atoms with E-state index in [0.29, 0.717) is 16.7 Å². The van der Waals surface area contributed by atoms with E-state index in [2.05, 4.69) is 4.98 Å². The van der Waals surface area contributed by atoms with E-state index in [1.165, 1.54) is 43.4 Å². The Bertz CT molecular complexity index is 448. The van der Waals surface area contributed by atoms with Crippen LogP contribution in [0.5, 0.6) is 0 Å². The van der Waals surface area contributed by atoms with Crippen molar-refractivity contribution in [1.82, 2.24) is 4.98 Å². The average Bonchev–Trinajstić information content (AvgIpc) is 2.77. The zero-order chi connectivity index (χ0) is 13.0. The third-order valence-electron chi connectivity index (χ3n) is 3.41. The van der Waals surface area contributed by atoms with Crippen LogP contribution in [0, 0.1) is 5.92 Å². The number of nitrogen functional groups attached to an aromatic ring is 1. The van der Waals surface area contributed by atoms with Gasteiger partial charge in [-0.05, 0) is 12.3 Å². The Hall–Kier alpha value is -1.36. The maximum Gasteiger partial charge on any atom is 0.337 e. The van der Waals surface area contributed by atoms with Crippen LogP contribution in [0.25, 0.3) is 5.57 Å². The Morgan fingerprint density at radius 3 is 2.78 bits per heavy atom. The quantitative estimate of drug-likeness (QED) is 0.821. The Morgan fingerprint density at radius 2 is 2.22 bits per heavy atom. The molecule has 0 aliphatic heterocycles. The van der Waals surface area contributed by atoms with E-state index in [1.807, 2.05) is 6.08 Å². The molecular formula is C13H18N2O2S. The van der Waals surface area contributed by atoms with Gasteiger partial charge in [0.15, 0.2) is 5.13 Å². The number of nitrogens with two attached hydrogens (primary N) is 1. The van der Waals surface area contributed by atoms with Crippen LogP contribution in [-0.4, -0.2) is 16.1 Å². The average molecular weight is 266 g/mol. The minimum atomic E-state index is -0.920. The SMILES string of the molecule is Nc1nc(/C(=C/CC2CCCCC2)C(=O)O)cs1. The fraction of sp³-hybridized carbons (Fsp3) is 0.538. The van der Waals surface area contributed by atoms with Crippen molar-refractivity contribution in [1.29, 1.82) is 0 Å². The number of hydrogen-bond acceptors (Lipinski definition) is 4. The van der Waals surface area contributed by atoms with Crippen LogP contribution in [0.1, 0.15) is 44.2 Å². The fourth-order valence-electron chi connectivity index (χ4n) is 2.42. The Balaban J connectivity index is 2.07. The van der Waals surface area contributed by atoms with E-state index in [0.717, 1.165) is 6.42 Å². The van der Waals surface area contributed by atoms with Crippen LogP contribution in [0.4, 0.5) is 5.13 Å². The smallest absolute Gasteiger partial charge is 0.337 e. The van der Waals surface area contributed by atoms with Crippen molar-refractivity contribution in [2.24, 2.45) is 5.92 Å². The molecule has 18 heavy (non-hydrogen) atoms. The molecule has 0 aromatic carbocycles. The van der Waals surface area contributed by atoms with Crippen LogP contribution in [-0.2, 0) is 4.79 Å². The second kappa shape index (κ2) is 6.00. The first-order valence-electron chi connectivity index (χ1n) is 6.31. The monoisotopic (exact) mass is 266 g/mol. The van der Waals surface area contributed by atoms with E-state index in [-0.39, 0.29) is 5.57 Å². The van der Waals surface area contributed by atoms with Crippen molar-refractivity contribution in [3.8, 4) is 0 Å². The molecule has 2 rings (SSSR count). The first kappa shape index (κ1) is 13.1. The van der Waals surface area contributed by atoms with Crippen LogP contribution < -0.4 is 5.73 Å². The largest absolute Gasteiger partial charge is 0.478 e. The Morgan fingerprint density at radius 1 is 1.50 bits per heavy atom. The maximum atomic E-state index is 11.2. The summed E-state index contributed by atoms with van der Waals surface area (Å²) in [5.41, 5.74) is 6.32. The van der Waals surface area contributed by atoms with Gasteiger partial charge in [0.25, 0.3) is 0 Å². The number of aliphatic carboxylic acids is 1. The number of carbonyl (C=O) groups is 1. The van der Waals surface area contributed by atoms with Crippen molar-refractivity contribution in [2.75, 3.05) is 5.73 Å². The fourth-order valence-corrected chi connectivity index (χ4v) is 2.98. The highest BCUT2D eigenvalue weighted by Gasteiger charge is 2.16. The van der Waals surface area contributed by atoms with Gasteiger partial charge in [-0.25, -0.2) is 9.78 Å². The van der Waals surface area contributed by atoms with Gasteiger partial charge < -0.3 is 10.8 Å². The molecule has 1 aliphatic carbocycles. The standard InChI is InChI=1S/C13H18N2O2S/c14-13-15-11(8-18-13)10(12(16)17)7-6-9-4-2-1-3-5-9/h7-9H,1-6H2,(H2,14,15)(H,16,17)/b10-7-. The first-order valence-corrected chi connectivity index (χ1v) is 7.19. The van der Waals surface area contributed by atoms with Crippen molar-refractivity contribution in [2.45, 2.75) is 38.5 Å². The summed E-state index contributed by atoms with van der Waals surface area (Å²) in [6.45, 7) is 0. The lowest BCUT2D eigenvalue weighted by atomic mass is 9.86. The first-order chi connectivity index (χ1) is 8.66. The number of carboxylic acids is 1. The van der Waals surface area contributed by atoms with Gasteiger partial charge in [-0.15, -0.1) is 11.3 Å². The molecule has 1 aromatic rings.